The van der Waals surface area contributed by atoms with Crippen molar-refractivity contribution in [2.24, 2.45) is 0 Å². The van der Waals surface area contributed by atoms with Crippen LogP contribution in [0.25, 0.3) is 10.9 Å². The Morgan fingerprint density at radius 1 is 1.16 bits per heavy atom. The van der Waals surface area contributed by atoms with Gasteiger partial charge >= 0.3 is 0 Å². The first-order valence-electron chi connectivity index (χ1n) is 12.5. The number of hydrogen-bond acceptors (Lipinski definition) is 6. The van der Waals surface area contributed by atoms with E-state index in [4.69, 9.17) is 0 Å². The zero-order valence-corrected chi connectivity index (χ0v) is 20.7. The average Bonchev–Trinajstić information content (AvgIpc) is 3.54. The number of rotatable bonds is 6. The molecule has 0 aliphatic carbocycles. The molecule has 2 aromatic carbocycles. The molecule has 5 rings (SSSR count). The Hall–Kier alpha value is -4.03. The van der Waals surface area contributed by atoms with Crippen LogP contribution in [-0.2, 0) is 4.79 Å². The van der Waals surface area contributed by atoms with Gasteiger partial charge in [-0.3, -0.25) is 19.5 Å². The summed E-state index contributed by atoms with van der Waals surface area (Å²) in [5.41, 5.74) is 2.83. The number of pyridine rings is 1. The molecule has 3 heterocycles. The Balaban J connectivity index is 1.28. The number of para-hydroxylation sites is 1. The van der Waals surface area contributed by atoms with Crippen LogP contribution in [0.3, 0.4) is 0 Å². The number of anilines is 2. The van der Waals surface area contributed by atoms with Crippen molar-refractivity contribution >= 4 is 34.1 Å². The van der Waals surface area contributed by atoms with Gasteiger partial charge in [-0.25, -0.2) is 4.39 Å². The SMILES string of the molecule is CN(C(=O)c1ccc(N[C@H]2CCN(CC(=O)N3C[C@@H](F)CC3C#N)C2)c2cccnc12)c1ccccc1. The summed E-state index contributed by atoms with van der Waals surface area (Å²) >= 11 is 0. The first-order valence-corrected chi connectivity index (χ1v) is 12.5. The quantitative estimate of drug-likeness (QED) is 0.557. The van der Waals surface area contributed by atoms with Gasteiger partial charge < -0.3 is 15.1 Å². The van der Waals surface area contributed by atoms with Gasteiger partial charge in [0.25, 0.3) is 5.91 Å². The van der Waals surface area contributed by atoms with E-state index in [1.807, 2.05) is 59.5 Å². The van der Waals surface area contributed by atoms with E-state index < -0.39 is 12.2 Å². The number of halogens is 1. The van der Waals surface area contributed by atoms with Crippen molar-refractivity contribution < 1.29 is 14.0 Å². The van der Waals surface area contributed by atoms with E-state index >= 15 is 0 Å². The number of nitriles is 1. The van der Waals surface area contributed by atoms with Gasteiger partial charge in [0.15, 0.2) is 0 Å². The van der Waals surface area contributed by atoms with Crippen LogP contribution >= 0.6 is 0 Å². The number of alkyl halides is 1. The van der Waals surface area contributed by atoms with Crippen LogP contribution in [-0.4, -0.2) is 78.1 Å². The Morgan fingerprint density at radius 3 is 2.76 bits per heavy atom. The van der Waals surface area contributed by atoms with Crippen LogP contribution in [0.1, 0.15) is 23.2 Å². The molecule has 1 aromatic heterocycles. The van der Waals surface area contributed by atoms with Crippen molar-refractivity contribution in [3.63, 3.8) is 0 Å². The lowest BCUT2D eigenvalue weighted by molar-refractivity contribution is -0.132. The van der Waals surface area contributed by atoms with Gasteiger partial charge in [0, 0.05) is 55.6 Å². The summed E-state index contributed by atoms with van der Waals surface area (Å²) in [5.74, 6) is -0.340. The molecule has 0 radical (unpaired) electrons. The highest BCUT2D eigenvalue weighted by molar-refractivity contribution is 6.14. The number of amides is 2. The number of nitrogens with zero attached hydrogens (tertiary/aromatic N) is 5. The molecular formula is C28H29FN6O2. The molecule has 190 valence electrons. The molecule has 2 amide bonds. The fraction of sp³-hybridized carbons (Fsp3) is 0.357. The van der Waals surface area contributed by atoms with Crippen molar-refractivity contribution in [1.29, 1.82) is 5.26 Å². The minimum Gasteiger partial charge on any atom is -0.380 e. The number of benzene rings is 2. The van der Waals surface area contributed by atoms with Gasteiger partial charge in [-0.15, -0.1) is 0 Å². The lowest BCUT2D eigenvalue weighted by Gasteiger charge is -2.23. The zero-order valence-electron chi connectivity index (χ0n) is 20.7. The molecule has 37 heavy (non-hydrogen) atoms. The summed E-state index contributed by atoms with van der Waals surface area (Å²) in [6.45, 7) is 1.54. The number of fused-ring (bicyclic) bond motifs is 1. The van der Waals surface area contributed by atoms with Gasteiger partial charge in [0.05, 0.1) is 30.2 Å². The lowest BCUT2D eigenvalue weighted by Crippen LogP contribution is -2.42. The van der Waals surface area contributed by atoms with Crippen molar-refractivity contribution in [2.45, 2.75) is 31.1 Å². The van der Waals surface area contributed by atoms with E-state index in [1.165, 1.54) is 4.90 Å². The van der Waals surface area contributed by atoms with Crippen LogP contribution < -0.4 is 10.2 Å². The Bertz CT molecular complexity index is 1340. The second kappa shape index (κ2) is 10.5. The van der Waals surface area contributed by atoms with Gasteiger partial charge in [-0.2, -0.15) is 5.26 Å². The summed E-state index contributed by atoms with van der Waals surface area (Å²) in [6.07, 6.45) is 1.47. The molecule has 8 nitrogen and oxygen atoms in total. The van der Waals surface area contributed by atoms with Crippen LogP contribution in [0.2, 0.25) is 0 Å². The van der Waals surface area contributed by atoms with Crippen LogP contribution in [0.4, 0.5) is 15.8 Å². The van der Waals surface area contributed by atoms with E-state index in [2.05, 4.69) is 10.3 Å². The number of carbonyl (C=O) groups is 2. The second-order valence-electron chi connectivity index (χ2n) is 9.65. The third kappa shape index (κ3) is 5.11. The van der Waals surface area contributed by atoms with Gasteiger partial charge in [-0.05, 0) is 42.8 Å². The number of aromatic nitrogens is 1. The molecule has 0 spiro atoms. The second-order valence-corrected chi connectivity index (χ2v) is 9.65. The molecule has 0 saturated carbocycles. The predicted octanol–water partition coefficient (Wildman–Crippen LogP) is 3.46. The molecule has 3 aromatic rings. The summed E-state index contributed by atoms with van der Waals surface area (Å²) in [5, 5.41) is 13.7. The van der Waals surface area contributed by atoms with E-state index in [1.54, 1.807) is 24.2 Å². The largest absolute Gasteiger partial charge is 0.380 e. The topological polar surface area (TPSA) is 92.6 Å². The molecule has 2 fully saturated rings. The zero-order chi connectivity index (χ0) is 25.9. The maximum absolute atomic E-state index is 13.7. The summed E-state index contributed by atoms with van der Waals surface area (Å²) in [7, 11) is 1.75. The highest BCUT2D eigenvalue weighted by Crippen LogP contribution is 2.29. The Kier molecular flexibility index (Phi) is 7.01. The van der Waals surface area contributed by atoms with Gasteiger partial charge in [0.1, 0.15) is 12.2 Å². The molecule has 1 unspecified atom stereocenters. The van der Waals surface area contributed by atoms with Crippen molar-refractivity contribution in [1.82, 2.24) is 14.8 Å². The van der Waals surface area contributed by atoms with Crippen molar-refractivity contribution in [3.05, 3.63) is 66.4 Å². The molecule has 9 heteroatoms. The van der Waals surface area contributed by atoms with Gasteiger partial charge in [0.2, 0.25) is 5.91 Å². The Labute approximate surface area is 215 Å². The third-order valence-corrected chi connectivity index (χ3v) is 7.16. The highest BCUT2D eigenvalue weighted by atomic mass is 19.1. The van der Waals surface area contributed by atoms with Crippen molar-refractivity contribution in [2.75, 3.05) is 43.4 Å². The summed E-state index contributed by atoms with van der Waals surface area (Å²) in [6, 6.07) is 18.4. The third-order valence-electron chi connectivity index (χ3n) is 7.16. The molecule has 2 aliphatic heterocycles. The first kappa shape index (κ1) is 24.7. The van der Waals surface area contributed by atoms with Crippen LogP contribution in [0, 0.1) is 11.3 Å². The smallest absolute Gasteiger partial charge is 0.260 e. The molecule has 3 atom stereocenters. The highest BCUT2D eigenvalue weighted by Gasteiger charge is 2.36. The number of hydrogen-bond donors (Lipinski definition) is 1. The lowest BCUT2D eigenvalue weighted by atomic mass is 10.1. The number of carbonyl (C=O) groups excluding carboxylic acids is 2. The minimum atomic E-state index is -1.13. The maximum Gasteiger partial charge on any atom is 0.260 e. The van der Waals surface area contributed by atoms with E-state index in [9.17, 15) is 19.2 Å². The van der Waals surface area contributed by atoms with E-state index in [0.29, 0.717) is 17.6 Å². The monoisotopic (exact) mass is 500 g/mol. The number of likely N-dealkylation sites (tertiary alicyclic amines) is 2. The molecule has 1 N–H and O–H groups in total. The maximum atomic E-state index is 13.7. The normalized spacial score (nSPS) is 21.6. The Morgan fingerprint density at radius 2 is 1.97 bits per heavy atom. The van der Waals surface area contributed by atoms with E-state index in [0.717, 1.165) is 29.7 Å². The fourth-order valence-electron chi connectivity index (χ4n) is 5.20. The molecule has 2 saturated heterocycles. The molecule has 2 aliphatic rings. The van der Waals surface area contributed by atoms with Crippen LogP contribution in [0.5, 0.6) is 0 Å². The fourth-order valence-corrected chi connectivity index (χ4v) is 5.20. The minimum absolute atomic E-state index is 0.00387. The van der Waals surface area contributed by atoms with Crippen LogP contribution in [0.15, 0.2) is 60.8 Å². The first-order chi connectivity index (χ1) is 17.9. The van der Waals surface area contributed by atoms with Gasteiger partial charge in [-0.1, -0.05) is 18.2 Å². The average molecular weight is 501 g/mol. The summed E-state index contributed by atoms with van der Waals surface area (Å²) < 4.78 is 13.7. The molecule has 0 bridgehead atoms. The standard InChI is InChI=1S/C28H29FN6O2/c1-33(21-6-3-2-4-7-21)28(37)24-9-10-25(23-8-5-12-31-27(23)24)32-20-11-13-34(17-20)18-26(36)35-16-19(29)14-22(35)15-30/h2-10,12,19-20,22,32H,11,13-14,16-18H2,1H3/t19-,20-,22?/m0/s1. The van der Waals surface area contributed by atoms with Crippen molar-refractivity contribution in [3.8, 4) is 6.07 Å². The number of nitrogens with one attached hydrogen (secondary N) is 1. The summed E-state index contributed by atoms with van der Waals surface area (Å²) in [4.78, 5) is 35.6. The predicted molar refractivity (Wildman–Crippen MR) is 140 cm³/mol. The van der Waals surface area contributed by atoms with E-state index in [-0.39, 0.29) is 37.4 Å². The molecular weight excluding hydrogens is 471 g/mol.